The number of halogens is 2. The first-order valence-corrected chi connectivity index (χ1v) is 15.0. The van der Waals surface area contributed by atoms with E-state index in [-0.39, 0.29) is 44.8 Å². The average molecular weight is 655 g/mol. The van der Waals surface area contributed by atoms with Crippen molar-refractivity contribution < 1.29 is 48.4 Å². The number of hydrogen-bond acceptors (Lipinski definition) is 8. The second-order valence-corrected chi connectivity index (χ2v) is 10.3. The summed E-state index contributed by atoms with van der Waals surface area (Å²) in [4.78, 5) is 42.5. The van der Waals surface area contributed by atoms with Crippen LogP contribution in [0.1, 0.15) is 43.4 Å². The van der Waals surface area contributed by atoms with Gasteiger partial charge in [0, 0.05) is 45.3 Å². The molecular formula is C32H48F2N4O8. The van der Waals surface area contributed by atoms with Crippen LogP contribution in [0.3, 0.4) is 0 Å². The van der Waals surface area contributed by atoms with E-state index in [4.69, 9.17) is 29.7 Å². The monoisotopic (exact) mass is 654 g/mol. The number of aliphatic hydroxyl groups excluding tert-OH is 1. The van der Waals surface area contributed by atoms with Gasteiger partial charge in [0.15, 0.2) is 0 Å². The largest absolute Gasteiger partial charge is 0.483 e. The molecule has 0 radical (unpaired) electrons. The maximum atomic E-state index is 13.8. The number of unbranched alkanes of at least 4 members (excludes halogenated alkanes) is 1. The third kappa shape index (κ3) is 19.4. The minimum Gasteiger partial charge on any atom is -0.483 e. The number of hydrogen-bond donors (Lipinski definition) is 6. The van der Waals surface area contributed by atoms with E-state index in [0.717, 1.165) is 50.8 Å². The van der Waals surface area contributed by atoms with Gasteiger partial charge in [-0.05, 0) is 54.6 Å². The Morgan fingerprint density at radius 3 is 1.96 bits per heavy atom. The fourth-order valence-electron chi connectivity index (χ4n) is 4.74. The van der Waals surface area contributed by atoms with Crippen molar-refractivity contribution in [3.05, 3.63) is 70.8 Å². The number of aliphatic hydroxyl groups is 1. The van der Waals surface area contributed by atoms with Crippen LogP contribution in [-0.2, 0) is 38.6 Å². The van der Waals surface area contributed by atoms with Crippen molar-refractivity contribution in [1.29, 1.82) is 0 Å². The van der Waals surface area contributed by atoms with Gasteiger partial charge in [0.1, 0.15) is 11.6 Å². The summed E-state index contributed by atoms with van der Waals surface area (Å²) in [7, 11) is 0. The number of nitrogens with one attached hydrogen (secondary N) is 2. The van der Waals surface area contributed by atoms with Gasteiger partial charge in [-0.1, -0.05) is 44.5 Å². The molecule has 0 spiro atoms. The van der Waals surface area contributed by atoms with Crippen molar-refractivity contribution in [2.45, 2.75) is 58.2 Å². The van der Waals surface area contributed by atoms with Gasteiger partial charge >= 0.3 is 0 Å². The van der Waals surface area contributed by atoms with Crippen LogP contribution in [-0.4, -0.2) is 114 Å². The van der Waals surface area contributed by atoms with Gasteiger partial charge < -0.3 is 36.0 Å². The average Bonchev–Trinajstić information content (AvgIpc) is 3.01. The maximum Gasteiger partial charge on any atom is 0.290 e. The van der Waals surface area contributed by atoms with E-state index in [2.05, 4.69) is 46.4 Å². The van der Waals surface area contributed by atoms with Gasteiger partial charge in [-0.3, -0.25) is 24.1 Å². The Morgan fingerprint density at radius 1 is 0.870 bits per heavy atom. The highest BCUT2D eigenvalue weighted by Gasteiger charge is 2.24. The summed E-state index contributed by atoms with van der Waals surface area (Å²) < 4.78 is 27.6. The summed E-state index contributed by atoms with van der Waals surface area (Å²) in [6.07, 6.45) is 2.48. The van der Waals surface area contributed by atoms with Crippen molar-refractivity contribution in [3.8, 4) is 0 Å². The lowest BCUT2D eigenvalue weighted by atomic mass is 10.0. The standard InChI is InChI=1S/C29H42F2N4O2.3CH2O2/c1-3-5-9-34-10-12-35(13-11-34)21-29(37)33-27(17-24-15-25(30)18-26(31)16-24)28(36)20-32-19-23-8-6-7-22(4-2)14-23;3*2-1-3/h6-8,14-16,18,27-28,32,36H,3-5,9-13,17,19-21H2,1-2H3,(H,33,37);3*1H,(H,2,3)/t27-,28+;;;/m0.../s1. The van der Waals surface area contributed by atoms with Gasteiger partial charge in [-0.25, -0.2) is 8.78 Å². The van der Waals surface area contributed by atoms with Crippen LogP contribution in [0.2, 0.25) is 0 Å². The van der Waals surface area contributed by atoms with Crippen molar-refractivity contribution in [2.75, 3.05) is 45.8 Å². The quantitative estimate of drug-likeness (QED) is 0.165. The number of piperazine rings is 1. The van der Waals surface area contributed by atoms with Gasteiger partial charge in [0.05, 0.1) is 18.7 Å². The molecule has 2 aromatic carbocycles. The number of benzene rings is 2. The first-order chi connectivity index (χ1) is 22.1. The van der Waals surface area contributed by atoms with E-state index in [0.29, 0.717) is 12.1 Å². The van der Waals surface area contributed by atoms with Crippen LogP contribution in [0.4, 0.5) is 8.78 Å². The Labute approximate surface area is 269 Å². The van der Waals surface area contributed by atoms with Crippen molar-refractivity contribution in [2.24, 2.45) is 0 Å². The number of carboxylic acid groups (broad SMARTS) is 3. The van der Waals surface area contributed by atoms with Gasteiger partial charge in [-0.2, -0.15) is 0 Å². The van der Waals surface area contributed by atoms with Crippen molar-refractivity contribution in [1.82, 2.24) is 20.4 Å². The zero-order chi connectivity index (χ0) is 34.7. The molecular weight excluding hydrogens is 606 g/mol. The molecule has 1 fully saturated rings. The number of nitrogens with zero attached hydrogens (tertiary/aromatic N) is 2. The van der Waals surface area contributed by atoms with Crippen molar-refractivity contribution in [3.63, 3.8) is 0 Å². The molecule has 1 heterocycles. The number of carbonyl (C=O) groups is 4. The number of amides is 1. The topological polar surface area (TPSA) is 180 Å². The first kappa shape index (κ1) is 42.0. The molecule has 6 N–H and O–H groups in total. The second kappa shape index (κ2) is 26.3. The molecule has 0 unspecified atom stereocenters. The molecule has 1 amide bonds. The Bertz CT molecular complexity index is 1100. The summed E-state index contributed by atoms with van der Waals surface area (Å²) in [5, 5.41) is 37.8. The smallest absolute Gasteiger partial charge is 0.290 e. The molecule has 1 saturated heterocycles. The normalized spacial score (nSPS) is 14.0. The number of aryl methyl sites for hydroxylation is 1. The lowest BCUT2D eigenvalue weighted by Crippen LogP contribution is -2.53. The van der Waals surface area contributed by atoms with Crippen LogP contribution in [0.15, 0.2) is 42.5 Å². The summed E-state index contributed by atoms with van der Waals surface area (Å²) >= 11 is 0. The van der Waals surface area contributed by atoms with Crippen molar-refractivity contribution >= 4 is 25.3 Å². The van der Waals surface area contributed by atoms with E-state index in [1.165, 1.54) is 30.5 Å². The minimum atomic E-state index is -0.935. The molecule has 14 heteroatoms. The van der Waals surface area contributed by atoms with E-state index in [9.17, 15) is 18.7 Å². The van der Waals surface area contributed by atoms with Crippen LogP contribution in [0.25, 0.3) is 0 Å². The zero-order valence-corrected chi connectivity index (χ0v) is 26.5. The molecule has 258 valence electrons. The molecule has 12 nitrogen and oxygen atoms in total. The Kier molecular flexibility index (Phi) is 24.0. The molecule has 2 atom stereocenters. The molecule has 46 heavy (non-hydrogen) atoms. The predicted octanol–water partition coefficient (Wildman–Crippen LogP) is 2.23. The highest BCUT2D eigenvalue weighted by atomic mass is 19.1. The minimum absolute atomic E-state index is 0.124. The fraction of sp³-hybridized carbons (Fsp3) is 0.500. The zero-order valence-electron chi connectivity index (χ0n) is 26.5. The Hall–Kier alpha value is -3.98. The lowest BCUT2D eigenvalue weighted by molar-refractivity contribution is -0.124. The van der Waals surface area contributed by atoms with E-state index < -0.39 is 23.8 Å². The lowest BCUT2D eigenvalue weighted by Gasteiger charge is -2.34. The molecule has 0 aromatic heterocycles. The third-order valence-corrected chi connectivity index (χ3v) is 6.93. The van der Waals surface area contributed by atoms with Gasteiger partial charge in [-0.15, -0.1) is 0 Å². The summed E-state index contributed by atoms with van der Waals surface area (Å²) in [5.74, 6) is -1.55. The highest BCUT2D eigenvalue weighted by molar-refractivity contribution is 5.78. The Balaban J connectivity index is 0.00000201. The summed E-state index contributed by atoms with van der Waals surface area (Å²) in [6, 6.07) is 10.9. The molecule has 0 bridgehead atoms. The molecule has 3 rings (SSSR count). The highest BCUT2D eigenvalue weighted by Crippen LogP contribution is 2.13. The van der Waals surface area contributed by atoms with Gasteiger partial charge in [0.2, 0.25) is 5.91 Å². The van der Waals surface area contributed by atoms with Crippen LogP contribution in [0, 0.1) is 11.6 Å². The predicted molar refractivity (Wildman–Crippen MR) is 169 cm³/mol. The van der Waals surface area contributed by atoms with Gasteiger partial charge in [0.25, 0.3) is 19.4 Å². The maximum absolute atomic E-state index is 13.8. The number of carbonyl (C=O) groups excluding carboxylic acids is 1. The number of rotatable bonds is 14. The first-order valence-electron chi connectivity index (χ1n) is 15.0. The molecule has 1 aliphatic rings. The second-order valence-electron chi connectivity index (χ2n) is 10.3. The molecule has 0 aliphatic carbocycles. The molecule has 1 aliphatic heterocycles. The van der Waals surface area contributed by atoms with Crippen LogP contribution in [0.5, 0.6) is 0 Å². The summed E-state index contributed by atoms with van der Waals surface area (Å²) in [5.41, 5.74) is 2.74. The van der Waals surface area contributed by atoms with Crippen LogP contribution >= 0.6 is 0 Å². The van der Waals surface area contributed by atoms with E-state index in [1.54, 1.807) is 0 Å². The molecule has 2 aromatic rings. The van der Waals surface area contributed by atoms with E-state index >= 15 is 0 Å². The molecule has 0 saturated carbocycles. The van der Waals surface area contributed by atoms with Crippen LogP contribution < -0.4 is 10.6 Å². The third-order valence-electron chi connectivity index (χ3n) is 6.93. The fourth-order valence-corrected chi connectivity index (χ4v) is 4.74. The Morgan fingerprint density at radius 2 is 1.41 bits per heavy atom. The van der Waals surface area contributed by atoms with E-state index in [1.807, 2.05) is 12.1 Å². The SMILES string of the molecule is CCCCN1CCN(CC(=O)N[C@@H](Cc2cc(F)cc(F)c2)[C@H](O)CNCc2cccc(CC)c2)CC1.O=CO.O=CO.O=CO. The summed E-state index contributed by atoms with van der Waals surface area (Å²) in [6.45, 7) is 9.17.